The minimum Gasteiger partial charge on any atom is -0.422 e. The number of rotatable bonds is 6. The van der Waals surface area contributed by atoms with Gasteiger partial charge in [-0.3, -0.25) is 14.3 Å². The van der Waals surface area contributed by atoms with Crippen LogP contribution in [0.4, 0.5) is 0 Å². The summed E-state index contributed by atoms with van der Waals surface area (Å²) in [7, 11) is -4.78. The standard InChI is InChI=1S/C14H15N2O8PS2/c1-6-11(24-13(19)7(2)17)9(3-10-12(18)16-14(26)27-10)8(4-15-6)5-23-25(20,21)22/h3-4,7,17H,5H2,1-2H3,(H,16,18,26)(H2,20,21,22). The summed E-state index contributed by atoms with van der Waals surface area (Å²) in [4.78, 5) is 45.8. The van der Waals surface area contributed by atoms with E-state index in [0.717, 1.165) is 11.8 Å². The van der Waals surface area contributed by atoms with Crippen molar-refractivity contribution in [2.75, 3.05) is 0 Å². The number of amides is 1. The van der Waals surface area contributed by atoms with Crippen molar-refractivity contribution in [2.45, 2.75) is 26.6 Å². The zero-order chi connectivity index (χ0) is 20.4. The zero-order valence-electron chi connectivity index (χ0n) is 14.0. The van der Waals surface area contributed by atoms with Gasteiger partial charge in [0, 0.05) is 17.3 Å². The Morgan fingerprint density at radius 2 is 2.19 bits per heavy atom. The predicted octanol–water partition coefficient (Wildman–Crippen LogP) is 0.774. The number of hydrogen-bond acceptors (Lipinski definition) is 9. The molecule has 0 radical (unpaired) electrons. The van der Waals surface area contributed by atoms with Crippen LogP contribution in [0.3, 0.4) is 0 Å². The van der Waals surface area contributed by atoms with Gasteiger partial charge >= 0.3 is 13.8 Å². The Hall–Kier alpha value is -1.66. The first-order valence-corrected chi connectivity index (χ1v) is 10.1. The van der Waals surface area contributed by atoms with Gasteiger partial charge in [0.2, 0.25) is 0 Å². The quantitative estimate of drug-likeness (QED) is 0.217. The molecule has 1 unspecified atom stereocenters. The number of phosphoric ester groups is 1. The molecule has 1 aromatic rings. The van der Waals surface area contributed by atoms with Crippen LogP contribution in [0.25, 0.3) is 6.08 Å². The fraction of sp³-hybridized carbons (Fsp3) is 0.286. The zero-order valence-corrected chi connectivity index (χ0v) is 16.6. The van der Waals surface area contributed by atoms with Crippen LogP contribution in [0.2, 0.25) is 0 Å². The summed E-state index contributed by atoms with van der Waals surface area (Å²) < 4.78 is 20.9. The fourth-order valence-corrected chi connectivity index (χ4v) is 3.27. The van der Waals surface area contributed by atoms with Gasteiger partial charge in [-0.2, -0.15) is 0 Å². The molecule has 2 rings (SSSR count). The Morgan fingerprint density at radius 1 is 1.52 bits per heavy atom. The third kappa shape index (κ3) is 5.91. The maximum atomic E-state index is 11.9. The minimum atomic E-state index is -4.78. The number of thioether (sulfide) groups is 1. The van der Waals surface area contributed by atoms with Crippen molar-refractivity contribution in [1.29, 1.82) is 0 Å². The maximum Gasteiger partial charge on any atom is 0.469 e. The second kappa shape index (κ2) is 8.57. The number of nitrogens with one attached hydrogen (secondary N) is 1. The van der Waals surface area contributed by atoms with E-state index in [9.17, 15) is 19.3 Å². The molecule has 0 aliphatic carbocycles. The van der Waals surface area contributed by atoms with Gasteiger partial charge in [-0.25, -0.2) is 9.36 Å². The van der Waals surface area contributed by atoms with Crippen LogP contribution in [0.15, 0.2) is 11.1 Å². The molecule has 1 fully saturated rings. The Bertz CT molecular complexity index is 880. The number of carbonyl (C=O) groups excluding carboxylic acids is 2. The van der Waals surface area contributed by atoms with Crippen molar-refractivity contribution in [2.24, 2.45) is 0 Å². The molecule has 1 aromatic heterocycles. The SMILES string of the molecule is Cc1ncc(COP(=O)(O)O)c(C=C2SC(=S)NC2=O)c1OC(=O)C(C)O. The van der Waals surface area contributed by atoms with Gasteiger partial charge < -0.3 is 24.9 Å². The highest BCUT2D eigenvalue weighted by atomic mass is 32.2. The second-order valence-corrected chi connectivity index (χ2v) is 8.28. The Morgan fingerprint density at radius 3 is 2.70 bits per heavy atom. The molecule has 1 aliphatic heterocycles. The number of phosphoric acid groups is 1. The third-order valence-corrected chi connectivity index (χ3v) is 4.81. The van der Waals surface area contributed by atoms with Crippen molar-refractivity contribution < 1.29 is 38.3 Å². The smallest absolute Gasteiger partial charge is 0.422 e. The molecule has 1 aliphatic rings. The monoisotopic (exact) mass is 434 g/mol. The van der Waals surface area contributed by atoms with Gasteiger partial charge in [0.15, 0.2) is 5.75 Å². The van der Waals surface area contributed by atoms with E-state index in [4.69, 9.17) is 26.7 Å². The van der Waals surface area contributed by atoms with E-state index in [1.165, 1.54) is 26.1 Å². The van der Waals surface area contributed by atoms with Gasteiger partial charge in [0.1, 0.15) is 10.4 Å². The Kier molecular flexibility index (Phi) is 6.87. The number of pyridine rings is 1. The van der Waals surface area contributed by atoms with Crippen LogP contribution in [-0.4, -0.2) is 42.2 Å². The number of aliphatic hydroxyl groups is 1. The van der Waals surface area contributed by atoms with Crippen LogP contribution in [0.5, 0.6) is 5.75 Å². The summed E-state index contributed by atoms with van der Waals surface area (Å²) in [6.07, 6.45) is 1.20. The molecule has 1 amide bonds. The number of ether oxygens (including phenoxy) is 1. The maximum absolute atomic E-state index is 11.9. The first-order valence-electron chi connectivity index (χ1n) is 7.31. The van der Waals surface area contributed by atoms with E-state index in [0.29, 0.717) is 0 Å². The minimum absolute atomic E-state index is 0.0774. The summed E-state index contributed by atoms with van der Waals surface area (Å²) in [6, 6.07) is 0. The number of thiocarbonyl (C=S) groups is 1. The molecule has 1 saturated heterocycles. The number of hydrogen-bond donors (Lipinski definition) is 4. The number of aliphatic hydroxyl groups excluding tert-OH is 1. The van der Waals surface area contributed by atoms with Gasteiger partial charge in [0.05, 0.1) is 17.2 Å². The number of aryl methyl sites for hydroxylation is 1. The van der Waals surface area contributed by atoms with Crippen molar-refractivity contribution >= 4 is 54.1 Å². The van der Waals surface area contributed by atoms with E-state index < -0.39 is 32.4 Å². The molecule has 0 aromatic carbocycles. The van der Waals surface area contributed by atoms with Crippen LogP contribution < -0.4 is 10.1 Å². The van der Waals surface area contributed by atoms with Crippen molar-refractivity contribution in [1.82, 2.24) is 10.3 Å². The molecular weight excluding hydrogens is 419 g/mol. The normalized spacial score (nSPS) is 17.1. The van der Waals surface area contributed by atoms with Crippen LogP contribution in [-0.2, 0) is 25.3 Å². The fourth-order valence-electron chi connectivity index (χ4n) is 1.94. The lowest BCUT2D eigenvalue weighted by Crippen LogP contribution is -2.23. The average Bonchev–Trinajstić information content (AvgIpc) is 2.86. The molecule has 4 N–H and O–H groups in total. The molecule has 0 bridgehead atoms. The molecule has 1 atom stereocenters. The molecule has 2 heterocycles. The predicted molar refractivity (Wildman–Crippen MR) is 99.4 cm³/mol. The van der Waals surface area contributed by atoms with E-state index in [2.05, 4.69) is 14.8 Å². The largest absolute Gasteiger partial charge is 0.469 e. The van der Waals surface area contributed by atoms with Gasteiger partial charge in [-0.1, -0.05) is 24.0 Å². The van der Waals surface area contributed by atoms with E-state index in [1.54, 1.807) is 0 Å². The van der Waals surface area contributed by atoms with Crippen molar-refractivity contribution in [3.63, 3.8) is 0 Å². The molecule has 13 heteroatoms. The van der Waals surface area contributed by atoms with Gasteiger partial charge in [0.25, 0.3) is 5.91 Å². The molecule has 146 valence electrons. The van der Waals surface area contributed by atoms with Crippen molar-refractivity contribution in [3.05, 3.63) is 27.9 Å². The lowest BCUT2D eigenvalue weighted by atomic mass is 10.1. The first kappa shape index (κ1) is 21.6. The summed E-state index contributed by atoms with van der Waals surface area (Å²) in [6.45, 7) is 2.17. The van der Waals surface area contributed by atoms with Crippen molar-refractivity contribution in [3.8, 4) is 5.75 Å². The van der Waals surface area contributed by atoms with Crippen LogP contribution in [0, 0.1) is 6.92 Å². The number of nitrogens with zero attached hydrogens (tertiary/aromatic N) is 1. The summed E-state index contributed by atoms with van der Waals surface area (Å²) in [5.74, 6) is -1.52. The lowest BCUT2D eigenvalue weighted by molar-refractivity contribution is -0.142. The Balaban J connectivity index is 2.55. The lowest BCUT2D eigenvalue weighted by Gasteiger charge is -2.15. The van der Waals surface area contributed by atoms with E-state index >= 15 is 0 Å². The van der Waals surface area contributed by atoms with Gasteiger partial charge in [-0.15, -0.1) is 0 Å². The second-order valence-electron chi connectivity index (χ2n) is 5.32. The molecule has 27 heavy (non-hydrogen) atoms. The number of esters is 1. The number of aromatic nitrogens is 1. The van der Waals surface area contributed by atoms with Crippen LogP contribution in [0.1, 0.15) is 23.7 Å². The highest BCUT2D eigenvalue weighted by Crippen LogP contribution is 2.39. The van der Waals surface area contributed by atoms with E-state index in [1.807, 2.05) is 0 Å². The first-order chi connectivity index (χ1) is 12.5. The highest BCUT2D eigenvalue weighted by Gasteiger charge is 2.26. The summed E-state index contributed by atoms with van der Waals surface area (Å²) in [5, 5.41) is 11.8. The molecule has 10 nitrogen and oxygen atoms in total. The third-order valence-electron chi connectivity index (χ3n) is 3.18. The summed E-state index contributed by atoms with van der Waals surface area (Å²) in [5.41, 5.74) is 0.546. The summed E-state index contributed by atoms with van der Waals surface area (Å²) >= 11 is 5.88. The highest BCUT2D eigenvalue weighted by molar-refractivity contribution is 8.26. The molecular formula is C14H15N2O8PS2. The average molecular weight is 434 g/mol. The van der Waals surface area contributed by atoms with Crippen LogP contribution >= 0.6 is 31.8 Å². The molecule has 0 spiro atoms. The molecule has 0 saturated carbocycles. The number of carbonyl (C=O) groups is 2. The topological polar surface area (TPSA) is 155 Å². The van der Waals surface area contributed by atoms with E-state index in [-0.39, 0.29) is 31.8 Å². The van der Waals surface area contributed by atoms with Gasteiger partial charge in [-0.05, 0) is 19.9 Å². The Labute approximate surface area is 163 Å².